The van der Waals surface area contributed by atoms with Crippen molar-refractivity contribution in [2.24, 2.45) is 4.99 Å². The van der Waals surface area contributed by atoms with E-state index in [0.717, 1.165) is 25.5 Å². The van der Waals surface area contributed by atoms with Crippen LogP contribution in [0, 0.1) is 0 Å². The second-order valence-corrected chi connectivity index (χ2v) is 6.44. The summed E-state index contributed by atoms with van der Waals surface area (Å²) >= 11 is 1.80. The maximum Gasteiger partial charge on any atom is 0.193 e. The molecule has 0 bridgehead atoms. The van der Waals surface area contributed by atoms with Gasteiger partial charge in [0, 0.05) is 39.2 Å². The fourth-order valence-corrected chi connectivity index (χ4v) is 3.10. The van der Waals surface area contributed by atoms with E-state index in [0.29, 0.717) is 6.61 Å². The topological polar surface area (TPSA) is 36.9 Å². The van der Waals surface area contributed by atoms with Crippen LogP contribution in [0.3, 0.4) is 0 Å². The lowest BCUT2D eigenvalue weighted by atomic mass is 10.1. The molecular formula is C18H26IN3OS. The molecule has 1 N–H and O–H groups in total. The number of guanidine groups is 1. The average molecular weight is 459 g/mol. The molecule has 0 unspecified atom stereocenters. The highest BCUT2D eigenvalue weighted by atomic mass is 127. The van der Waals surface area contributed by atoms with Crippen LogP contribution in [0.2, 0.25) is 0 Å². The van der Waals surface area contributed by atoms with Crippen molar-refractivity contribution in [3.63, 3.8) is 0 Å². The smallest absolute Gasteiger partial charge is 0.193 e. The molecule has 0 aliphatic carbocycles. The van der Waals surface area contributed by atoms with Gasteiger partial charge in [0.2, 0.25) is 0 Å². The lowest BCUT2D eigenvalue weighted by Crippen LogP contribution is -2.39. The lowest BCUT2D eigenvalue weighted by Gasteiger charge is -2.22. The molecule has 0 fully saturated rings. The minimum absolute atomic E-state index is 0. The van der Waals surface area contributed by atoms with Gasteiger partial charge in [0.1, 0.15) is 0 Å². The fraction of sp³-hybridized carbons (Fsp3) is 0.389. The second kappa shape index (κ2) is 11.4. The Morgan fingerprint density at radius 1 is 1.25 bits per heavy atom. The van der Waals surface area contributed by atoms with Gasteiger partial charge in [-0.15, -0.1) is 35.3 Å². The number of hydrogen-bond donors (Lipinski definition) is 1. The number of halogens is 1. The Labute approximate surface area is 166 Å². The molecule has 0 spiro atoms. The first-order valence-corrected chi connectivity index (χ1v) is 8.62. The summed E-state index contributed by atoms with van der Waals surface area (Å²) in [5.41, 5.74) is 2.42. The van der Waals surface area contributed by atoms with Gasteiger partial charge < -0.3 is 15.0 Å². The molecule has 1 aromatic carbocycles. The number of aliphatic imine (C=N–C) groups is 1. The van der Waals surface area contributed by atoms with Gasteiger partial charge in [0.05, 0.1) is 6.61 Å². The van der Waals surface area contributed by atoms with E-state index < -0.39 is 0 Å². The van der Waals surface area contributed by atoms with Crippen LogP contribution < -0.4 is 5.32 Å². The molecule has 0 radical (unpaired) electrons. The van der Waals surface area contributed by atoms with Crippen LogP contribution in [0.4, 0.5) is 0 Å². The highest BCUT2D eigenvalue weighted by molar-refractivity contribution is 14.0. The van der Waals surface area contributed by atoms with E-state index in [4.69, 9.17) is 4.74 Å². The van der Waals surface area contributed by atoms with E-state index in [1.165, 1.54) is 16.0 Å². The summed E-state index contributed by atoms with van der Waals surface area (Å²) in [5.74, 6) is 0.915. The third-order valence-electron chi connectivity index (χ3n) is 3.60. The summed E-state index contributed by atoms with van der Waals surface area (Å²) in [4.78, 5) is 7.94. The molecule has 24 heavy (non-hydrogen) atoms. The van der Waals surface area contributed by atoms with Crippen LogP contribution >= 0.6 is 35.3 Å². The number of likely N-dealkylation sites (N-methyl/N-ethyl adjacent to an activating group) is 1. The number of nitrogens with zero attached hydrogens (tertiary/aromatic N) is 2. The minimum atomic E-state index is 0. The molecule has 2 rings (SSSR count). The summed E-state index contributed by atoms with van der Waals surface area (Å²) in [6.07, 6.45) is 1.04. The van der Waals surface area contributed by atoms with Crippen molar-refractivity contribution in [1.82, 2.24) is 10.2 Å². The summed E-state index contributed by atoms with van der Waals surface area (Å²) in [6.45, 7) is 2.35. The largest absolute Gasteiger partial charge is 0.380 e. The molecule has 0 aliphatic rings. The molecule has 6 heteroatoms. The second-order valence-electron chi connectivity index (χ2n) is 5.40. The Bertz CT molecular complexity index is 616. The normalized spacial score (nSPS) is 11.0. The Balaban J connectivity index is 0.00000288. The molecule has 1 aromatic heterocycles. The molecule has 4 nitrogen and oxygen atoms in total. The highest BCUT2D eigenvalue weighted by Crippen LogP contribution is 2.10. The molecule has 2 aromatic rings. The van der Waals surface area contributed by atoms with Crippen molar-refractivity contribution < 1.29 is 4.74 Å². The van der Waals surface area contributed by atoms with E-state index in [-0.39, 0.29) is 24.0 Å². The zero-order valence-electron chi connectivity index (χ0n) is 14.5. The van der Waals surface area contributed by atoms with E-state index in [9.17, 15) is 0 Å². The van der Waals surface area contributed by atoms with Gasteiger partial charge in [-0.05, 0) is 29.0 Å². The first kappa shape index (κ1) is 20.9. The van der Waals surface area contributed by atoms with E-state index in [1.54, 1.807) is 18.4 Å². The van der Waals surface area contributed by atoms with Crippen LogP contribution in [-0.2, 0) is 24.3 Å². The Kier molecular flexibility index (Phi) is 9.97. The maximum atomic E-state index is 5.18. The third-order valence-corrected chi connectivity index (χ3v) is 4.54. The summed E-state index contributed by atoms with van der Waals surface area (Å²) in [7, 11) is 5.62. The summed E-state index contributed by atoms with van der Waals surface area (Å²) < 4.78 is 5.18. The fourth-order valence-electron chi connectivity index (χ4n) is 2.40. The molecular weight excluding hydrogens is 433 g/mol. The number of methoxy groups -OCH3 is 1. The van der Waals surface area contributed by atoms with Crippen molar-refractivity contribution in [1.29, 1.82) is 0 Å². The Hall–Kier alpha value is -1.12. The van der Waals surface area contributed by atoms with Gasteiger partial charge in [-0.2, -0.15) is 0 Å². The molecule has 1 heterocycles. The predicted octanol–water partition coefficient (Wildman–Crippen LogP) is 3.76. The van der Waals surface area contributed by atoms with Gasteiger partial charge in [0.25, 0.3) is 0 Å². The summed E-state index contributed by atoms with van der Waals surface area (Å²) in [6, 6.07) is 12.7. The lowest BCUT2D eigenvalue weighted by molar-refractivity contribution is 0.185. The van der Waals surface area contributed by atoms with Gasteiger partial charge in [-0.1, -0.05) is 30.3 Å². The van der Waals surface area contributed by atoms with Crippen molar-refractivity contribution in [3.05, 3.63) is 57.8 Å². The van der Waals surface area contributed by atoms with Crippen molar-refractivity contribution in [2.75, 3.05) is 27.7 Å². The molecule has 0 aliphatic heterocycles. The van der Waals surface area contributed by atoms with Gasteiger partial charge in [-0.3, -0.25) is 4.99 Å². The van der Waals surface area contributed by atoms with Crippen molar-refractivity contribution in [2.45, 2.75) is 19.6 Å². The van der Waals surface area contributed by atoms with E-state index >= 15 is 0 Å². The Morgan fingerprint density at radius 3 is 2.71 bits per heavy atom. The first-order valence-electron chi connectivity index (χ1n) is 7.74. The number of nitrogens with one attached hydrogen (secondary N) is 1. The van der Waals surface area contributed by atoms with Crippen LogP contribution in [-0.4, -0.2) is 38.6 Å². The van der Waals surface area contributed by atoms with Gasteiger partial charge in [0.15, 0.2) is 5.96 Å². The standard InChI is InChI=1S/C18H25N3OS.HI/c1-19-18(21(2)10-9-17-8-5-11-23-17)20-13-15-6-4-7-16(12-15)14-22-3;/h4-8,11-12H,9-10,13-14H2,1-3H3,(H,19,20);1H. The molecule has 132 valence electrons. The van der Waals surface area contributed by atoms with Crippen LogP contribution in [0.1, 0.15) is 16.0 Å². The summed E-state index contributed by atoms with van der Waals surface area (Å²) in [5, 5.41) is 5.54. The average Bonchev–Trinajstić information content (AvgIpc) is 3.07. The molecule has 0 amide bonds. The Morgan fingerprint density at radius 2 is 2.04 bits per heavy atom. The molecule has 0 atom stereocenters. The van der Waals surface area contributed by atoms with Gasteiger partial charge in [-0.25, -0.2) is 0 Å². The third kappa shape index (κ3) is 6.78. The van der Waals surface area contributed by atoms with Crippen LogP contribution in [0.25, 0.3) is 0 Å². The van der Waals surface area contributed by atoms with Gasteiger partial charge >= 0.3 is 0 Å². The van der Waals surface area contributed by atoms with E-state index in [1.807, 2.05) is 7.05 Å². The van der Waals surface area contributed by atoms with Crippen molar-refractivity contribution >= 4 is 41.3 Å². The number of rotatable bonds is 7. The first-order chi connectivity index (χ1) is 11.2. The van der Waals surface area contributed by atoms with E-state index in [2.05, 4.69) is 64.0 Å². The zero-order valence-corrected chi connectivity index (χ0v) is 17.6. The minimum Gasteiger partial charge on any atom is -0.380 e. The maximum absolute atomic E-state index is 5.18. The van der Waals surface area contributed by atoms with Crippen molar-refractivity contribution in [3.8, 4) is 0 Å². The molecule has 0 saturated heterocycles. The highest BCUT2D eigenvalue weighted by Gasteiger charge is 2.06. The number of ether oxygens (including phenoxy) is 1. The number of hydrogen-bond acceptors (Lipinski definition) is 3. The zero-order chi connectivity index (χ0) is 16.5. The van der Waals surface area contributed by atoms with Crippen LogP contribution in [0.15, 0.2) is 46.8 Å². The van der Waals surface area contributed by atoms with Crippen LogP contribution in [0.5, 0.6) is 0 Å². The SMILES string of the molecule is CN=C(NCc1cccc(COC)c1)N(C)CCc1cccs1.I. The number of thiophene rings is 1. The monoisotopic (exact) mass is 459 g/mol. The quantitative estimate of drug-likeness (QED) is 0.389. The molecule has 0 saturated carbocycles. The predicted molar refractivity (Wildman–Crippen MR) is 113 cm³/mol. The number of benzene rings is 1.